The Bertz CT molecular complexity index is 1850. The Labute approximate surface area is 262 Å². The molecular weight excluding hydrogens is 653 g/mol. The Morgan fingerprint density at radius 2 is 1.13 bits per heavy atom. The van der Waals surface area contributed by atoms with E-state index < -0.39 is 36.1 Å². The van der Waals surface area contributed by atoms with Crippen LogP contribution in [-0.4, -0.2) is 63.6 Å². The minimum absolute atomic E-state index is 0.00546. The Kier molecular flexibility index (Phi) is 13.3. The molecule has 15 nitrogen and oxygen atoms in total. The van der Waals surface area contributed by atoms with Crippen LogP contribution in [0.3, 0.4) is 0 Å². The first-order valence-electron chi connectivity index (χ1n) is 13.2. The highest BCUT2D eigenvalue weighted by atomic mass is 32.2. The average Bonchev–Trinajstić information content (AvgIpc) is 2.90. The first-order chi connectivity index (χ1) is 20.7. The molecule has 0 aliphatic heterocycles. The second-order valence-electron chi connectivity index (χ2n) is 9.84. The summed E-state index contributed by atoms with van der Waals surface area (Å²) in [6.07, 6.45) is 0.288. The summed E-state index contributed by atoms with van der Waals surface area (Å²) in [5, 5.41) is 7.95. The van der Waals surface area contributed by atoms with Crippen LogP contribution >= 0.6 is 0 Å². The molecule has 0 bridgehead atoms. The molecule has 45 heavy (non-hydrogen) atoms. The summed E-state index contributed by atoms with van der Waals surface area (Å²) >= 11 is 0. The van der Waals surface area contributed by atoms with Crippen molar-refractivity contribution < 1.29 is 48.4 Å². The number of nitrogens with two attached hydrogens (primary N) is 2. The Morgan fingerprint density at radius 1 is 0.644 bits per heavy atom. The first kappa shape index (κ1) is 37.4. The molecule has 0 fully saturated rings. The van der Waals surface area contributed by atoms with Crippen LogP contribution in [0.25, 0.3) is 0 Å². The second-order valence-corrected chi connectivity index (χ2v) is 14.4. The molecule has 7 N–H and O–H groups in total. The van der Waals surface area contributed by atoms with Crippen LogP contribution in [-0.2, 0) is 30.4 Å². The highest BCUT2D eigenvalue weighted by Crippen LogP contribution is 2.33. The van der Waals surface area contributed by atoms with Crippen molar-refractivity contribution in [3.05, 3.63) is 65.2 Å². The van der Waals surface area contributed by atoms with Gasteiger partial charge in [0, 0.05) is 6.07 Å². The van der Waals surface area contributed by atoms with Gasteiger partial charge in [0.25, 0.3) is 30.4 Å². The maximum absolute atomic E-state index is 11.6. The van der Waals surface area contributed by atoms with Gasteiger partial charge in [0.15, 0.2) is 0 Å². The standard InChI is InChI=1S/C17H21N3O7S2.C10H15NO4S/c1-11-4-5-14(17(8-11)29(24,25)26)19-20-15-10-16(13(18)9-12(15)2)27-6-3-7-28(21,22)23;1-8-3-4-10(9(11)7-8)15-5-2-6-16(12,13)14/h4-5,8-10H,3,6-7,18H2,1-2H3,(H,21,22,23)(H,24,25,26);3-4,7H,2,5-6,11H2,1H3,(H,12,13,14). The van der Waals surface area contributed by atoms with E-state index in [4.69, 9.17) is 30.0 Å². The molecule has 3 aromatic carbocycles. The van der Waals surface area contributed by atoms with Crippen molar-refractivity contribution in [2.45, 2.75) is 38.5 Å². The zero-order chi connectivity index (χ0) is 34.0. The van der Waals surface area contributed by atoms with Crippen molar-refractivity contribution in [3.63, 3.8) is 0 Å². The zero-order valence-corrected chi connectivity index (χ0v) is 27.2. The summed E-state index contributed by atoms with van der Waals surface area (Å²) in [5.41, 5.74) is 15.0. The lowest BCUT2D eigenvalue weighted by molar-refractivity contribution is 0.317. The minimum Gasteiger partial charge on any atom is -0.491 e. The lowest BCUT2D eigenvalue weighted by Crippen LogP contribution is -2.09. The summed E-state index contributed by atoms with van der Waals surface area (Å²) < 4.78 is 103. The smallest absolute Gasteiger partial charge is 0.296 e. The van der Waals surface area contributed by atoms with Gasteiger partial charge in [-0.2, -0.15) is 30.4 Å². The van der Waals surface area contributed by atoms with E-state index in [9.17, 15) is 29.8 Å². The molecule has 0 amide bonds. The van der Waals surface area contributed by atoms with Crippen molar-refractivity contribution in [1.82, 2.24) is 0 Å². The van der Waals surface area contributed by atoms with Crippen LogP contribution in [0.1, 0.15) is 29.5 Å². The van der Waals surface area contributed by atoms with E-state index >= 15 is 0 Å². The predicted octanol–water partition coefficient (Wildman–Crippen LogP) is 4.44. The Morgan fingerprint density at radius 3 is 1.67 bits per heavy atom. The third-order valence-electron chi connectivity index (χ3n) is 5.76. The molecule has 0 atom stereocenters. The van der Waals surface area contributed by atoms with Crippen molar-refractivity contribution in [2.24, 2.45) is 10.2 Å². The number of hydrogen-bond donors (Lipinski definition) is 5. The van der Waals surface area contributed by atoms with Gasteiger partial charge in [-0.05, 0) is 80.6 Å². The number of hydrogen-bond acceptors (Lipinski definition) is 12. The van der Waals surface area contributed by atoms with Gasteiger partial charge < -0.3 is 20.9 Å². The average molecular weight is 689 g/mol. The predicted molar refractivity (Wildman–Crippen MR) is 169 cm³/mol. The van der Waals surface area contributed by atoms with Gasteiger partial charge in [-0.1, -0.05) is 12.1 Å². The molecular formula is C27H36N4O11S3. The quantitative estimate of drug-likeness (QED) is 0.0721. The normalized spacial score (nSPS) is 12.0. The van der Waals surface area contributed by atoms with Crippen molar-refractivity contribution in [3.8, 4) is 11.5 Å². The maximum Gasteiger partial charge on any atom is 0.296 e. The first-order valence-corrected chi connectivity index (χ1v) is 17.8. The molecule has 0 aliphatic rings. The summed E-state index contributed by atoms with van der Waals surface area (Å²) in [6.45, 7) is 5.50. The van der Waals surface area contributed by atoms with E-state index in [1.54, 1.807) is 38.1 Å². The zero-order valence-electron chi connectivity index (χ0n) is 24.7. The number of aryl methyl sites for hydroxylation is 3. The summed E-state index contributed by atoms with van der Waals surface area (Å²) in [7, 11) is -12.5. The summed E-state index contributed by atoms with van der Waals surface area (Å²) in [4.78, 5) is -0.365. The lowest BCUT2D eigenvalue weighted by atomic mass is 10.1. The Balaban J connectivity index is 0.000000372. The number of nitrogen functional groups attached to an aromatic ring is 2. The highest BCUT2D eigenvalue weighted by Gasteiger charge is 2.16. The van der Waals surface area contributed by atoms with Crippen molar-refractivity contribution in [2.75, 3.05) is 36.2 Å². The third-order valence-corrected chi connectivity index (χ3v) is 8.25. The van der Waals surface area contributed by atoms with Gasteiger partial charge >= 0.3 is 0 Å². The van der Waals surface area contributed by atoms with Gasteiger partial charge in [-0.15, -0.1) is 5.11 Å². The molecule has 0 saturated carbocycles. The van der Waals surface area contributed by atoms with Gasteiger partial charge in [0.05, 0.1) is 41.8 Å². The minimum atomic E-state index is -4.48. The maximum atomic E-state index is 11.6. The highest BCUT2D eigenvalue weighted by molar-refractivity contribution is 7.86. The molecule has 0 aromatic heterocycles. The molecule has 3 aromatic rings. The number of anilines is 2. The van der Waals surface area contributed by atoms with E-state index in [2.05, 4.69) is 10.2 Å². The van der Waals surface area contributed by atoms with Crippen LogP contribution in [0.15, 0.2) is 63.7 Å². The van der Waals surface area contributed by atoms with Gasteiger partial charge in [-0.25, -0.2) is 0 Å². The lowest BCUT2D eigenvalue weighted by Gasteiger charge is -2.11. The van der Waals surface area contributed by atoms with Crippen molar-refractivity contribution >= 4 is 53.1 Å². The fourth-order valence-electron chi connectivity index (χ4n) is 3.60. The molecule has 0 radical (unpaired) electrons. The van der Waals surface area contributed by atoms with E-state index in [-0.39, 0.29) is 48.1 Å². The fourth-order valence-corrected chi connectivity index (χ4v) is 5.27. The Hall–Kier alpha value is -3.81. The molecule has 18 heteroatoms. The van der Waals surface area contributed by atoms with Crippen molar-refractivity contribution in [1.29, 1.82) is 0 Å². The molecule has 0 aliphatic carbocycles. The van der Waals surface area contributed by atoms with Gasteiger partial charge in [0.2, 0.25) is 0 Å². The van der Waals surface area contributed by atoms with Crippen LogP contribution in [0, 0.1) is 20.8 Å². The molecule has 0 unspecified atom stereocenters. The topological polar surface area (TPSA) is 258 Å². The molecule has 248 valence electrons. The number of rotatable bonds is 13. The van der Waals surface area contributed by atoms with E-state index in [1.165, 1.54) is 18.2 Å². The molecule has 0 spiro atoms. The van der Waals surface area contributed by atoms with E-state index in [1.807, 2.05) is 13.0 Å². The second kappa shape index (κ2) is 16.0. The number of ether oxygens (including phenoxy) is 2. The monoisotopic (exact) mass is 688 g/mol. The fraction of sp³-hybridized carbons (Fsp3) is 0.333. The SMILES string of the molecule is Cc1ccc(N=Nc2cc(OCCCS(=O)(=O)O)c(N)cc2C)c(S(=O)(=O)O)c1.Cc1ccc(OCCCS(=O)(=O)O)c(N)c1. The van der Waals surface area contributed by atoms with E-state index in [0.717, 1.165) is 5.56 Å². The van der Waals surface area contributed by atoms with Crippen LogP contribution in [0.4, 0.5) is 22.7 Å². The number of nitrogens with zero attached hydrogens (tertiary/aromatic N) is 2. The molecule has 3 rings (SSSR count). The van der Waals surface area contributed by atoms with Crippen LogP contribution in [0.5, 0.6) is 11.5 Å². The summed E-state index contributed by atoms with van der Waals surface area (Å²) in [6, 6.07) is 12.7. The third kappa shape index (κ3) is 13.8. The van der Waals surface area contributed by atoms with Crippen LogP contribution in [0.2, 0.25) is 0 Å². The molecule has 0 heterocycles. The molecule has 0 saturated heterocycles. The largest absolute Gasteiger partial charge is 0.491 e. The number of benzene rings is 3. The number of azo groups is 1. The van der Waals surface area contributed by atoms with Gasteiger partial charge in [0.1, 0.15) is 22.1 Å². The summed E-state index contributed by atoms with van der Waals surface area (Å²) in [5.74, 6) is 0.00961. The van der Waals surface area contributed by atoms with E-state index in [0.29, 0.717) is 33.9 Å². The van der Waals surface area contributed by atoms with Gasteiger partial charge in [-0.3, -0.25) is 13.7 Å². The van der Waals surface area contributed by atoms with Crippen LogP contribution < -0.4 is 20.9 Å².